The second kappa shape index (κ2) is 5.18. The number of nitrogens with two attached hydrogens (primary N) is 1. The van der Waals surface area contributed by atoms with Crippen LogP contribution in [0.25, 0.3) is 0 Å². The fourth-order valence-corrected chi connectivity index (χ4v) is 1.46. The van der Waals surface area contributed by atoms with Crippen LogP contribution in [-0.2, 0) is 6.61 Å². The van der Waals surface area contributed by atoms with E-state index in [1.54, 1.807) is 6.92 Å². The fraction of sp³-hybridized carbons (Fsp3) is 0.385. The van der Waals surface area contributed by atoms with Gasteiger partial charge in [-0.05, 0) is 44.0 Å². The van der Waals surface area contributed by atoms with Crippen molar-refractivity contribution in [3.05, 3.63) is 41.1 Å². The van der Waals surface area contributed by atoms with Crippen molar-refractivity contribution in [1.82, 2.24) is 10.2 Å². The molecule has 5 nitrogen and oxygen atoms in total. The molecule has 1 aromatic heterocycles. The summed E-state index contributed by atoms with van der Waals surface area (Å²) in [7, 11) is 0. The Morgan fingerprint density at radius 2 is 2.06 bits per heavy atom. The molecule has 0 saturated heterocycles. The van der Waals surface area contributed by atoms with E-state index in [9.17, 15) is 0 Å². The molecule has 0 aliphatic carbocycles. The Morgan fingerprint density at radius 3 is 2.67 bits per heavy atom. The van der Waals surface area contributed by atoms with Gasteiger partial charge in [0.1, 0.15) is 5.75 Å². The standard InChI is InChI=1S/C13H17N3O2/c1-8-4-5-11(6-9(8)2)17-7-12-15-16-13(18-12)10(3)14/h4-6,10H,7,14H2,1-3H3. The average Bonchev–Trinajstić information content (AvgIpc) is 2.79. The summed E-state index contributed by atoms with van der Waals surface area (Å²) < 4.78 is 10.9. The van der Waals surface area contributed by atoms with Gasteiger partial charge in [-0.25, -0.2) is 0 Å². The molecule has 18 heavy (non-hydrogen) atoms. The lowest BCUT2D eigenvalue weighted by Gasteiger charge is -2.06. The molecule has 0 radical (unpaired) electrons. The van der Waals surface area contributed by atoms with E-state index in [2.05, 4.69) is 17.1 Å². The molecule has 0 bridgehead atoms. The number of nitrogens with zero attached hydrogens (tertiary/aromatic N) is 2. The summed E-state index contributed by atoms with van der Waals surface area (Å²) in [5.74, 6) is 1.65. The number of aryl methyl sites for hydroxylation is 2. The van der Waals surface area contributed by atoms with Crippen molar-refractivity contribution < 1.29 is 9.15 Å². The second-order valence-electron chi connectivity index (χ2n) is 4.36. The molecule has 5 heteroatoms. The molecule has 96 valence electrons. The van der Waals surface area contributed by atoms with E-state index in [-0.39, 0.29) is 12.6 Å². The van der Waals surface area contributed by atoms with E-state index >= 15 is 0 Å². The summed E-state index contributed by atoms with van der Waals surface area (Å²) in [5, 5.41) is 7.71. The van der Waals surface area contributed by atoms with Gasteiger partial charge in [-0.1, -0.05) is 6.07 Å². The maximum Gasteiger partial charge on any atom is 0.253 e. The molecule has 2 rings (SSSR count). The van der Waals surface area contributed by atoms with Crippen LogP contribution in [0, 0.1) is 13.8 Å². The first-order valence-corrected chi connectivity index (χ1v) is 5.84. The van der Waals surface area contributed by atoms with Crippen LogP contribution in [0.15, 0.2) is 22.6 Å². The lowest BCUT2D eigenvalue weighted by molar-refractivity contribution is 0.257. The number of hydrogen-bond donors (Lipinski definition) is 1. The Hall–Kier alpha value is -1.88. The summed E-state index contributed by atoms with van der Waals surface area (Å²) in [6, 6.07) is 5.67. The first kappa shape index (κ1) is 12.6. The third kappa shape index (κ3) is 2.87. The zero-order valence-electron chi connectivity index (χ0n) is 10.8. The van der Waals surface area contributed by atoms with Gasteiger partial charge in [0, 0.05) is 0 Å². The minimum Gasteiger partial charge on any atom is -0.484 e. The third-order valence-electron chi connectivity index (χ3n) is 2.71. The predicted molar refractivity (Wildman–Crippen MR) is 67.1 cm³/mol. The van der Waals surface area contributed by atoms with Gasteiger partial charge in [-0.3, -0.25) is 0 Å². The van der Waals surface area contributed by atoms with Crippen molar-refractivity contribution in [2.75, 3.05) is 0 Å². The van der Waals surface area contributed by atoms with Crippen molar-refractivity contribution in [3.63, 3.8) is 0 Å². The van der Waals surface area contributed by atoms with E-state index in [1.165, 1.54) is 11.1 Å². The maximum atomic E-state index is 5.63. The minimum absolute atomic E-state index is 0.252. The van der Waals surface area contributed by atoms with Crippen molar-refractivity contribution in [3.8, 4) is 5.75 Å². The monoisotopic (exact) mass is 247 g/mol. The van der Waals surface area contributed by atoms with Gasteiger partial charge >= 0.3 is 0 Å². The summed E-state index contributed by atoms with van der Waals surface area (Å²) in [6.45, 7) is 6.15. The molecular formula is C13H17N3O2. The lowest BCUT2D eigenvalue weighted by atomic mass is 10.1. The Labute approximate surface area is 106 Å². The smallest absolute Gasteiger partial charge is 0.253 e. The van der Waals surface area contributed by atoms with Gasteiger partial charge in [0.05, 0.1) is 6.04 Å². The minimum atomic E-state index is -0.257. The van der Waals surface area contributed by atoms with Gasteiger partial charge in [0.25, 0.3) is 5.89 Å². The van der Waals surface area contributed by atoms with E-state index in [4.69, 9.17) is 14.9 Å². The molecule has 1 unspecified atom stereocenters. The number of ether oxygens (including phenoxy) is 1. The Morgan fingerprint density at radius 1 is 1.28 bits per heavy atom. The van der Waals surface area contributed by atoms with Gasteiger partial charge < -0.3 is 14.9 Å². The van der Waals surface area contributed by atoms with Crippen LogP contribution in [0.3, 0.4) is 0 Å². The molecular weight excluding hydrogens is 230 g/mol. The van der Waals surface area contributed by atoms with Crippen LogP contribution in [0.4, 0.5) is 0 Å². The molecule has 2 N–H and O–H groups in total. The first-order chi connectivity index (χ1) is 8.56. The van der Waals surface area contributed by atoms with Crippen LogP contribution in [-0.4, -0.2) is 10.2 Å². The maximum absolute atomic E-state index is 5.63. The highest BCUT2D eigenvalue weighted by molar-refractivity contribution is 5.33. The van der Waals surface area contributed by atoms with Gasteiger partial charge in [0.2, 0.25) is 5.89 Å². The first-order valence-electron chi connectivity index (χ1n) is 5.84. The molecule has 1 aromatic carbocycles. The van der Waals surface area contributed by atoms with Gasteiger partial charge in [-0.2, -0.15) is 0 Å². The molecule has 0 aliphatic rings. The molecule has 2 aromatic rings. The molecule has 0 saturated carbocycles. The SMILES string of the molecule is Cc1ccc(OCc2nnc(C(C)N)o2)cc1C. The number of benzene rings is 1. The van der Waals surface area contributed by atoms with E-state index in [0.29, 0.717) is 11.8 Å². The molecule has 1 heterocycles. The molecule has 0 fully saturated rings. The Kier molecular flexibility index (Phi) is 3.62. The molecule has 0 spiro atoms. The van der Waals surface area contributed by atoms with Crippen LogP contribution in [0.2, 0.25) is 0 Å². The highest BCUT2D eigenvalue weighted by atomic mass is 16.5. The van der Waals surface area contributed by atoms with Crippen LogP contribution < -0.4 is 10.5 Å². The number of rotatable bonds is 4. The molecule has 1 atom stereocenters. The highest BCUT2D eigenvalue weighted by Gasteiger charge is 2.10. The summed E-state index contributed by atoms with van der Waals surface area (Å²) in [5.41, 5.74) is 8.06. The van der Waals surface area contributed by atoms with Gasteiger partial charge in [-0.15, -0.1) is 10.2 Å². The zero-order chi connectivity index (χ0) is 13.1. The van der Waals surface area contributed by atoms with E-state index in [1.807, 2.05) is 25.1 Å². The highest BCUT2D eigenvalue weighted by Crippen LogP contribution is 2.18. The Balaban J connectivity index is 2.00. The van der Waals surface area contributed by atoms with Crippen molar-refractivity contribution in [1.29, 1.82) is 0 Å². The number of hydrogen-bond acceptors (Lipinski definition) is 5. The van der Waals surface area contributed by atoms with Crippen molar-refractivity contribution >= 4 is 0 Å². The lowest BCUT2D eigenvalue weighted by Crippen LogP contribution is -2.04. The number of aromatic nitrogens is 2. The molecule has 0 aliphatic heterocycles. The van der Waals surface area contributed by atoms with Crippen LogP contribution in [0.1, 0.15) is 35.9 Å². The van der Waals surface area contributed by atoms with Crippen molar-refractivity contribution in [2.24, 2.45) is 5.73 Å². The summed E-state index contributed by atoms with van der Waals surface area (Å²) in [6.07, 6.45) is 0. The summed E-state index contributed by atoms with van der Waals surface area (Å²) >= 11 is 0. The normalized spacial score (nSPS) is 12.4. The average molecular weight is 247 g/mol. The van der Waals surface area contributed by atoms with Crippen molar-refractivity contribution in [2.45, 2.75) is 33.4 Å². The quantitative estimate of drug-likeness (QED) is 0.897. The van der Waals surface area contributed by atoms with Crippen LogP contribution >= 0.6 is 0 Å². The summed E-state index contributed by atoms with van der Waals surface area (Å²) in [4.78, 5) is 0. The predicted octanol–water partition coefficient (Wildman–Crippen LogP) is 2.29. The second-order valence-corrected chi connectivity index (χ2v) is 4.36. The molecule has 0 amide bonds. The largest absolute Gasteiger partial charge is 0.484 e. The fourth-order valence-electron chi connectivity index (χ4n) is 1.46. The van der Waals surface area contributed by atoms with Crippen LogP contribution in [0.5, 0.6) is 5.75 Å². The topological polar surface area (TPSA) is 74.2 Å². The van der Waals surface area contributed by atoms with Gasteiger partial charge in [0.15, 0.2) is 6.61 Å². The van der Waals surface area contributed by atoms with E-state index < -0.39 is 0 Å². The Bertz CT molecular complexity index is 535. The third-order valence-corrected chi connectivity index (χ3v) is 2.71. The zero-order valence-corrected chi connectivity index (χ0v) is 10.8. The van der Waals surface area contributed by atoms with E-state index in [0.717, 1.165) is 5.75 Å².